The highest BCUT2D eigenvalue weighted by atomic mass is 16.3. The highest BCUT2D eigenvalue weighted by Gasteiger charge is 2.24. The molecule has 0 saturated heterocycles. The second-order valence-corrected chi connectivity index (χ2v) is 5.35. The number of rotatable bonds is 5. The van der Waals surface area contributed by atoms with E-state index in [0.717, 1.165) is 12.8 Å². The molecule has 2 rings (SSSR count). The minimum Gasteiger partial charge on any atom is -0.508 e. The third kappa shape index (κ3) is 2.86. The van der Waals surface area contributed by atoms with Crippen molar-refractivity contribution in [3.05, 3.63) is 29.3 Å². The zero-order valence-corrected chi connectivity index (χ0v) is 11.7. The van der Waals surface area contributed by atoms with Gasteiger partial charge in [0, 0.05) is 6.04 Å². The number of hydrogen-bond donors (Lipinski definition) is 1. The molecule has 1 atom stereocenters. The van der Waals surface area contributed by atoms with Gasteiger partial charge in [0.15, 0.2) is 0 Å². The topological polar surface area (TPSA) is 23.5 Å². The molecule has 18 heavy (non-hydrogen) atoms. The van der Waals surface area contributed by atoms with Crippen molar-refractivity contribution in [1.29, 1.82) is 0 Å². The van der Waals surface area contributed by atoms with Crippen molar-refractivity contribution in [2.75, 3.05) is 13.1 Å². The first-order valence-electron chi connectivity index (χ1n) is 7.30. The zero-order chi connectivity index (χ0) is 13.0. The van der Waals surface area contributed by atoms with Gasteiger partial charge in [0.1, 0.15) is 5.75 Å². The van der Waals surface area contributed by atoms with Crippen molar-refractivity contribution in [3.63, 3.8) is 0 Å². The van der Waals surface area contributed by atoms with Crippen molar-refractivity contribution in [2.45, 2.75) is 52.0 Å². The smallest absolute Gasteiger partial charge is 0.119 e. The number of aromatic hydroxyl groups is 1. The highest BCUT2D eigenvalue weighted by Crippen LogP contribution is 2.30. The second kappa shape index (κ2) is 6.24. The molecular formula is C16H25NO. The van der Waals surface area contributed by atoms with Crippen LogP contribution >= 0.6 is 0 Å². The van der Waals surface area contributed by atoms with Crippen LogP contribution in [0, 0.1) is 0 Å². The van der Waals surface area contributed by atoms with Crippen LogP contribution < -0.4 is 0 Å². The number of aryl methyl sites for hydroxylation is 1. The lowest BCUT2D eigenvalue weighted by molar-refractivity contribution is 0.179. The second-order valence-electron chi connectivity index (χ2n) is 5.35. The molecule has 100 valence electrons. The molecule has 1 N–H and O–H groups in total. The van der Waals surface area contributed by atoms with Gasteiger partial charge in [0.25, 0.3) is 0 Å². The minimum atomic E-state index is 0.491. The fourth-order valence-corrected chi connectivity index (χ4v) is 3.11. The molecule has 0 aliphatic heterocycles. The van der Waals surface area contributed by atoms with Crippen LogP contribution in [-0.4, -0.2) is 29.1 Å². The Bertz CT molecular complexity index is 383. The average Bonchev–Trinajstić information content (AvgIpc) is 2.39. The first-order chi connectivity index (χ1) is 8.76. The van der Waals surface area contributed by atoms with Gasteiger partial charge in [-0.05, 0) is 62.4 Å². The van der Waals surface area contributed by atoms with E-state index in [1.807, 2.05) is 12.1 Å². The van der Waals surface area contributed by atoms with Gasteiger partial charge in [-0.2, -0.15) is 0 Å². The van der Waals surface area contributed by atoms with E-state index in [1.165, 1.54) is 43.5 Å². The van der Waals surface area contributed by atoms with E-state index in [2.05, 4.69) is 24.8 Å². The lowest BCUT2D eigenvalue weighted by atomic mass is 9.86. The summed E-state index contributed by atoms with van der Waals surface area (Å²) < 4.78 is 0. The standard InChI is InChI=1S/C16H25NO/c1-3-10-17(11-4-2)14-9-8-13-6-5-7-16(18)15(13)12-14/h5-7,14,18H,3-4,8-12H2,1-2H3/t14-/m0/s1. The van der Waals surface area contributed by atoms with Gasteiger partial charge in [-0.25, -0.2) is 0 Å². The number of hydrogen-bond acceptors (Lipinski definition) is 2. The van der Waals surface area contributed by atoms with Crippen LogP contribution in [0.5, 0.6) is 5.75 Å². The van der Waals surface area contributed by atoms with E-state index in [9.17, 15) is 5.11 Å². The SMILES string of the molecule is CCCN(CCC)[C@H]1CCc2cccc(O)c2C1. The Kier molecular flexibility index (Phi) is 4.65. The van der Waals surface area contributed by atoms with E-state index in [1.54, 1.807) is 0 Å². The van der Waals surface area contributed by atoms with E-state index < -0.39 is 0 Å². The summed E-state index contributed by atoms with van der Waals surface area (Å²) in [6, 6.07) is 6.57. The van der Waals surface area contributed by atoms with E-state index in [-0.39, 0.29) is 0 Å². The van der Waals surface area contributed by atoms with Crippen LogP contribution in [0.3, 0.4) is 0 Å². The molecule has 1 aromatic carbocycles. The molecule has 2 heteroatoms. The fourth-order valence-electron chi connectivity index (χ4n) is 3.11. The molecule has 0 heterocycles. The van der Waals surface area contributed by atoms with Crippen LogP contribution in [0.15, 0.2) is 18.2 Å². The van der Waals surface area contributed by atoms with Gasteiger partial charge in [-0.3, -0.25) is 0 Å². The first-order valence-corrected chi connectivity index (χ1v) is 7.30. The maximum Gasteiger partial charge on any atom is 0.119 e. The molecule has 2 nitrogen and oxygen atoms in total. The monoisotopic (exact) mass is 247 g/mol. The van der Waals surface area contributed by atoms with Crippen LogP contribution in [-0.2, 0) is 12.8 Å². The molecular weight excluding hydrogens is 222 g/mol. The van der Waals surface area contributed by atoms with E-state index in [4.69, 9.17) is 0 Å². The molecule has 0 unspecified atom stereocenters. The average molecular weight is 247 g/mol. The van der Waals surface area contributed by atoms with Crippen molar-refractivity contribution < 1.29 is 5.11 Å². The van der Waals surface area contributed by atoms with Gasteiger partial charge >= 0.3 is 0 Å². The van der Waals surface area contributed by atoms with Crippen LogP contribution in [0.4, 0.5) is 0 Å². The number of benzene rings is 1. The first kappa shape index (κ1) is 13.4. The highest BCUT2D eigenvalue weighted by molar-refractivity contribution is 5.41. The summed E-state index contributed by atoms with van der Waals surface area (Å²) in [5.41, 5.74) is 2.53. The Labute approximate surface area is 111 Å². The van der Waals surface area contributed by atoms with Crippen molar-refractivity contribution in [1.82, 2.24) is 4.90 Å². The van der Waals surface area contributed by atoms with Crippen LogP contribution in [0.2, 0.25) is 0 Å². The summed E-state index contributed by atoms with van der Waals surface area (Å²) in [5.74, 6) is 0.491. The Morgan fingerprint density at radius 3 is 2.61 bits per heavy atom. The van der Waals surface area contributed by atoms with Gasteiger partial charge in [-0.15, -0.1) is 0 Å². The lowest BCUT2D eigenvalue weighted by Crippen LogP contribution is -2.40. The molecule has 1 aliphatic carbocycles. The van der Waals surface area contributed by atoms with E-state index in [0.29, 0.717) is 11.8 Å². The van der Waals surface area contributed by atoms with E-state index >= 15 is 0 Å². The maximum absolute atomic E-state index is 10.00. The minimum absolute atomic E-state index is 0.491. The number of phenols is 1. The maximum atomic E-state index is 10.00. The van der Waals surface area contributed by atoms with Gasteiger partial charge in [0.2, 0.25) is 0 Å². The third-order valence-corrected chi connectivity index (χ3v) is 3.97. The number of fused-ring (bicyclic) bond motifs is 1. The summed E-state index contributed by atoms with van der Waals surface area (Å²) in [4.78, 5) is 2.61. The summed E-state index contributed by atoms with van der Waals surface area (Å²) in [7, 11) is 0. The summed E-state index contributed by atoms with van der Waals surface area (Å²) in [6.07, 6.45) is 5.78. The lowest BCUT2D eigenvalue weighted by Gasteiger charge is -2.35. The predicted octanol–water partition coefficient (Wildman–Crippen LogP) is 3.37. The normalized spacial score (nSPS) is 18.9. The Morgan fingerprint density at radius 1 is 1.22 bits per heavy atom. The van der Waals surface area contributed by atoms with Gasteiger partial charge < -0.3 is 10.0 Å². The predicted molar refractivity (Wildman–Crippen MR) is 76.1 cm³/mol. The van der Waals surface area contributed by atoms with Crippen LogP contribution in [0.1, 0.15) is 44.2 Å². The number of nitrogens with zero attached hydrogens (tertiary/aromatic N) is 1. The molecule has 0 amide bonds. The van der Waals surface area contributed by atoms with Gasteiger partial charge in [0.05, 0.1) is 0 Å². The molecule has 1 aliphatic rings. The van der Waals surface area contributed by atoms with Crippen molar-refractivity contribution in [3.8, 4) is 5.75 Å². The number of phenolic OH excluding ortho intramolecular Hbond substituents is 1. The molecule has 0 radical (unpaired) electrons. The van der Waals surface area contributed by atoms with Gasteiger partial charge in [-0.1, -0.05) is 26.0 Å². The van der Waals surface area contributed by atoms with Crippen molar-refractivity contribution in [2.24, 2.45) is 0 Å². The summed E-state index contributed by atoms with van der Waals surface area (Å²) >= 11 is 0. The molecule has 0 aromatic heterocycles. The Morgan fingerprint density at radius 2 is 1.94 bits per heavy atom. The Balaban J connectivity index is 2.12. The van der Waals surface area contributed by atoms with Crippen LogP contribution in [0.25, 0.3) is 0 Å². The molecule has 0 bridgehead atoms. The summed E-state index contributed by atoms with van der Waals surface area (Å²) in [5, 5.41) is 10.00. The fraction of sp³-hybridized carbons (Fsp3) is 0.625. The summed E-state index contributed by atoms with van der Waals surface area (Å²) in [6.45, 7) is 6.86. The Hall–Kier alpha value is -1.02. The van der Waals surface area contributed by atoms with Crippen molar-refractivity contribution >= 4 is 0 Å². The molecule has 1 aromatic rings. The molecule has 0 spiro atoms. The largest absolute Gasteiger partial charge is 0.508 e. The third-order valence-electron chi connectivity index (χ3n) is 3.97. The quantitative estimate of drug-likeness (QED) is 0.862. The zero-order valence-electron chi connectivity index (χ0n) is 11.7. The molecule has 0 saturated carbocycles. The molecule has 0 fully saturated rings.